The summed E-state index contributed by atoms with van der Waals surface area (Å²) in [7, 11) is -3.67. The summed E-state index contributed by atoms with van der Waals surface area (Å²) in [5, 5.41) is 2.63. The predicted molar refractivity (Wildman–Crippen MR) is 112 cm³/mol. The highest BCUT2D eigenvalue weighted by molar-refractivity contribution is 7.89. The molecule has 0 bridgehead atoms. The van der Waals surface area contributed by atoms with Gasteiger partial charge in [-0.25, -0.2) is 17.5 Å². The topological polar surface area (TPSA) is 87.7 Å². The molecule has 2 aromatic carbocycles. The molecule has 7 nitrogen and oxygen atoms in total. The second kappa shape index (κ2) is 8.71. The molecule has 0 radical (unpaired) electrons. The van der Waals surface area contributed by atoms with Crippen molar-refractivity contribution in [1.82, 2.24) is 4.72 Å². The normalized spacial score (nSPS) is 17.0. The maximum Gasteiger partial charge on any atom is 0.255 e. The number of morpholine rings is 1. The number of sulfonamides is 1. The van der Waals surface area contributed by atoms with Crippen molar-refractivity contribution in [2.75, 3.05) is 43.1 Å². The number of hydrogen-bond acceptors (Lipinski definition) is 5. The van der Waals surface area contributed by atoms with Crippen molar-refractivity contribution >= 4 is 27.3 Å². The van der Waals surface area contributed by atoms with Crippen LogP contribution in [0.15, 0.2) is 47.4 Å². The van der Waals surface area contributed by atoms with Crippen molar-refractivity contribution in [2.45, 2.75) is 17.7 Å². The van der Waals surface area contributed by atoms with Crippen molar-refractivity contribution in [3.05, 3.63) is 53.8 Å². The van der Waals surface area contributed by atoms with Gasteiger partial charge in [-0.3, -0.25) is 4.79 Å². The number of amides is 1. The average molecular weight is 434 g/mol. The molecular weight excluding hydrogens is 409 g/mol. The minimum absolute atomic E-state index is 0.0321. The molecule has 2 fully saturated rings. The molecule has 30 heavy (non-hydrogen) atoms. The fourth-order valence-corrected chi connectivity index (χ4v) is 4.45. The first-order valence-electron chi connectivity index (χ1n) is 9.96. The molecule has 1 aliphatic heterocycles. The number of benzene rings is 2. The minimum atomic E-state index is -3.67. The zero-order valence-corrected chi connectivity index (χ0v) is 17.3. The highest BCUT2D eigenvalue weighted by atomic mass is 32.2. The molecule has 1 amide bonds. The van der Waals surface area contributed by atoms with Crippen molar-refractivity contribution in [2.24, 2.45) is 5.92 Å². The zero-order chi connectivity index (χ0) is 21.1. The van der Waals surface area contributed by atoms with Crippen molar-refractivity contribution in [3.8, 4) is 0 Å². The Hall–Kier alpha value is -2.49. The first-order valence-corrected chi connectivity index (χ1v) is 11.4. The third-order valence-electron chi connectivity index (χ3n) is 5.22. The summed E-state index contributed by atoms with van der Waals surface area (Å²) in [6.45, 7) is 2.73. The monoisotopic (exact) mass is 433 g/mol. The van der Waals surface area contributed by atoms with Gasteiger partial charge in [0.25, 0.3) is 5.91 Å². The van der Waals surface area contributed by atoms with E-state index in [1.807, 2.05) is 4.90 Å². The number of rotatable bonds is 7. The van der Waals surface area contributed by atoms with E-state index in [9.17, 15) is 17.6 Å². The molecule has 0 aromatic heterocycles. The van der Waals surface area contributed by atoms with E-state index < -0.39 is 21.7 Å². The summed E-state index contributed by atoms with van der Waals surface area (Å²) in [6.07, 6.45) is 2.07. The SMILES string of the molecule is O=C(Nc1ccc(N2CCOCC2)c(F)c1)c1cccc(S(=O)(=O)NCC2CC2)c1. The Labute approximate surface area is 175 Å². The van der Waals surface area contributed by atoms with Gasteiger partial charge in [-0.15, -0.1) is 0 Å². The van der Waals surface area contributed by atoms with Gasteiger partial charge in [0.15, 0.2) is 0 Å². The molecule has 4 rings (SSSR count). The highest BCUT2D eigenvalue weighted by Gasteiger charge is 2.24. The van der Waals surface area contributed by atoms with Crippen LogP contribution in [0.5, 0.6) is 0 Å². The van der Waals surface area contributed by atoms with Crippen LogP contribution >= 0.6 is 0 Å². The molecule has 1 heterocycles. The minimum Gasteiger partial charge on any atom is -0.378 e. The van der Waals surface area contributed by atoms with Gasteiger partial charge in [-0.2, -0.15) is 0 Å². The van der Waals surface area contributed by atoms with E-state index in [1.165, 1.54) is 30.3 Å². The molecule has 2 aliphatic rings. The standard InChI is InChI=1S/C21H24FN3O4S/c22-19-13-17(6-7-20(19)25-8-10-29-11-9-25)24-21(26)16-2-1-3-18(12-16)30(27,28)23-14-15-4-5-15/h1-3,6-7,12-13,15,23H,4-5,8-11,14H2,(H,24,26). The van der Waals surface area contributed by atoms with Crippen molar-refractivity contribution in [3.63, 3.8) is 0 Å². The van der Waals surface area contributed by atoms with Gasteiger partial charge in [0.1, 0.15) is 5.82 Å². The Bertz CT molecular complexity index is 1030. The summed E-state index contributed by atoms with van der Waals surface area (Å²) < 4.78 is 47.2. The lowest BCUT2D eigenvalue weighted by Crippen LogP contribution is -2.36. The molecule has 9 heteroatoms. The molecule has 1 saturated heterocycles. The van der Waals surface area contributed by atoms with E-state index in [-0.39, 0.29) is 10.5 Å². The number of ether oxygens (including phenoxy) is 1. The summed E-state index contributed by atoms with van der Waals surface area (Å²) in [6, 6.07) is 10.3. The van der Waals surface area contributed by atoms with Crippen molar-refractivity contribution in [1.29, 1.82) is 0 Å². The third-order valence-corrected chi connectivity index (χ3v) is 6.64. The quantitative estimate of drug-likeness (QED) is 0.701. The Balaban J connectivity index is 1.45. The largest absolute Gasteiger partial charge is 0.378 e. The zero-order valence-electron chi connectivity index (χ0n) is 16.4. The lowest BCUT2D eigenvalue weighted by molar-refractivity contribution is 0.102. The second-order valence-corrected chi connectivity index (χ2v) is 9.31. The predicted octanol–water partition coefficient (Wildman–Crippen LogP) is 2.60. The number of halogens is 1. The van der Waals surface area contributed by atoms with Gasteiger partial charge in [0, 0.05) is 30.9 Å². The molecule has 0 unspecified atom stereocenters. The first-order chi connectivity index (χ1) is 14.4. The number of nitrogens with one attached hydrogen (secondary N) is 2. The van der Waals surface area contributed by atoms with Crippen LogP contribution in [0.3, 0.4) is 0 Å². The van der Waals surface area contributed by atoms with Crippen LogP contribution in [-0.4, -0.2) is 47.2 Å². The molecule has 160 valence electrons. The summed E-state index contributed by atoms with van der Waals surface area (Å²) >= 11 is 0. The van der Waals surface area contributed by atoms with E-state index in [4.69, 9.17) is 4.74 Å². The fraction of sp³-hybridized carbons (Fsp3) is 0.381. The fourth-order valence-electron chi connectivity index (χ4n) is 3.29. The van der Waals surface area contributed by atoms with Gasteiger partial charge in [0.2, 0.25) is 10.0 Å². The van der Waals surface area contributed by atoms with Crippen molar-refractivity contribution < 1.29 is 22.3 Å². The van der Waals surface area contributed by atoms with E-state index in [1.54, 1.807) is 12.1 Å². The third kappa shape index (κ3) is 4.97. The number of hydrogen-bond donors (Lipinski definition) is 2. The van der Waals surface area contributed by atoms with Crippen LogP contribution in [0.25, 0.3) is 0 Å². The lowest BCUT2D eigenvalue weighted by Gasteiger charge is -2.29. The summed E-state index contributed by atoms with van der Waals surface area (Å²) in [5.41, 5.74) is 0.947. The number of carbonyl (C=O) groups excluding carboxylic acids is 1. The van der Waals surface area contributed by atoms with Crippen LogP contribution in [0.1, 0.15) is 23.2 Å². The van der Waals surface area contributed by atoms with E-state index in [0.29, 0.717) is 50.1 Å². The maximum atomic E-state index is 14.5. The van der Waals surface area contributed by atoms with E-state index in [2.05, 4.69) is 10.0 Å². The smallest absolute Gasteiger partial charge is 0.255 e. The first kappa shape index (κ1) is 20.8. The molecule has 1 aliphatic carbocycles. The molecular formula is C21H24FN3O4S. The van der Waals surface area contributed by atoms with E-state index >= 15 is 0 Å². The maximum absolute atomic E-state index is 14.5. The Morgan fingerprint density at radius 3 is 2.60 bits per heavy atom. The van der Waals surface area contributed by atoms with E-state index in [0.717, 1.165) is 12.8 Å². The molecule has 2 N–H and O–H groups in total. The van der Waals surface area contributed by atoms with Crippen LogP contribution in [0.4, 0.5) is 15.8 Å². The molecule has 1 saturated carbocycles. The average Bonchev–Trinajstić information content (AvgIpc) is 3.58. The van der Waals surface area contributed by atoms with Crippen LogP contribution in [0, 0.1) is 11.7 Å². The van der Waals surface area contributed by atoms with Gasteiger partial charge in [0.05, 0.1) is 23.8 Å². The highest BCUT2D eigenvalue weighted by Crippen LogP contribution is 2.28. The number of carbonyl (C=O) groups is 1. The van der Waals surface area contributed by atoms with Gasteiger partial charge >= 0.3 is 0 Å². The Morgan fingerprint density at radius 1 is 1.13 bits per heavy atom. The Kier molecular flexibility index (Phi) is 6.03. The van der Waals surface area contributed by atoms with Crippen LogP contribution < -0.4 is 14.9 Å². The second-order valence-electron chi connectivity index (χ2n) is 7.54. The summed E-state index contributed by atoms with van der Waals surface area (Å²) in [4.78, 5) is 14.5. The summed E-state index contributed by atoms with van der Waals surface area (Å²) in [5.74, 6) is -0.537. The van der Waals surface area contributed by atoms with Crippen LogP contribution in [0.2, 0.25) is 0 Å². The Morgan fingerprint density at radius 2 is 1.90 bits per heavy atom. The lowest BCUT2D eigenvalue weighted by atomic mass is 10.2. The molecule has 0 spiro atoms. The van der Waals surface area contributed by atoms with Crippen LogP contribution in [-0.2, 0) is 14.8 Å². The number of nitrogens with zero attached hydrogens (tertiary/aromatic N) is 1. The van der Waals surface area contributed by atoms with Gasteiger partial charge < -0.3 is 15.0 Å². The van der Waals surface area contributed by atoms with Gasteiger partial charge in [-0.1, -0.05) is 6.07 Å². The molecule has 2 aromatic rings. The molecule has 0 atom stereocenters. The van der Waals surface area contributed by atoms with Gasteiger partial charge in [-0.05, 0) is 55.2 Å². The number of anilines is 2.